The van der Waals surface area contributed by atoms with E-state index in [2.05, 4.69) is 15.9 Å². The molecule has 1 fully saturated rings. The molecule has 1 aliphatic rings. The van der Waals surface area contributed by atoms with Crippen LogP contribution >= 0.6 is 15.9 Å². The lowest BCUT2D eigenvalue weighted by molar-refractivity contribution is 0.619. The summed E-state index contributed by atoms with van der Waals surface area (Å²) in [5, 5.41) is 7.92. The number of nitrogens with zero attached hydrogens (tertiary/aromatic N) is 1. The Morgan fingerprint density at radius 1 is 1.38 bits per heavy atom. The molecule has 2 rings (SSSR count). The molecular formula is C12H14BrFN2. The number of nitrogens with one attached hydrogen (secondary N) is 1. The Balaban J connectivity index is 2.39. The second kappa shape index (κ2) is 4.53. The number of aryl methyl sites for hydroxylation is 1. The summed E-state index contributed by atoms with van der Waals surface area (Å²) >= 11 is 3.19. The fourth-order valence-electron chi connectivity index (χ4n) is 2.02. The van der Waals surface area contributed by atoms with Crippen molar-refractivity contribution < 1.29 is 4.39 Å². The molecule has 0 aliphatic carbocycles. The highest BCUT2D eigenvalue weighted by molar-refractivity contribution is 9.10. The summed E-state index contributed by atoms with van der Waals surface area (Å²) in [6.45, 7) is 2.74. The SMILES string of the molecule is Cc1cc(F)c(Br)cc1N1CCCCC1=N. The molecule has 0 unspecified atom stereocenters. The van der Waals surface area contributed by atoms with E-state index in [1.54, 1.807) is 6.07 Å². The number of hydrogen-bond donors (Lipinski definition) is 1. The number of rotatable bonds is 1. The van der Waals surface area contributed by atoms with E-state index < -0.39 is 0 Å². The van der Waals surface area contributed by atoms with Gasteiger partial charge in [-0.3, -0.25) is 5.41 Å². The van der Waals surface area contributed by atoms with Crippen LogP contribution in [-0.2, 0) is 0 Å². The molecule has 86 valence electrons. The summed E-state index contributed by atoms with van der Waals surface area (Å²) in [6.07, 6.45) is 2.99. The highest BCUT2D eigenvalue weighted by Crippen LogP contribution is 2.29. The van der Waals surface area contributed by atoms with Gasteiger partial charge in [0.05, 0.1) is 4.47 Å². The van der Waals surface area contributed by atoms with Gasteiger partial charge in [-0.1, -0.05) is 0 Å². The van der Waals surface area contributed by atoms with E-state index in [4.69, 9.17) is 5.41 Å². The predicted molar refractivity (Wildman–Crippen MR) is 67.8 cm³/mol. The average Bonchev–Trinajstić information content (AvgIpc) is 2.25. The van der Waals surface area contributed by atoms with E-state index in [-0.39, 0.29) is 5.82 Å². The van der Waals surface area contributed by atoms with Crippen molar-refractivity contribution >= 4 is 27.5 Å². The van der Waals surface area contributed by atoms with Crippen LogP contribution in [-0.4, -0.2) is 12.4 Å². The quantitative estimate of drug-likeness (QED) is 0.833. The lowest BCUT2D eigenvalue weighted by Crippen LogP contribution is -2.35. The second-order valence-corrected chi connectivity index (χ2v) is 4.96. The van der Waals surface area contributed by atoms with Crippen LogP contribution in [0.3, 0.4) is 0 Å². The van der Waals surface area contributed by atoms with E-state index in [1.807, 2.05) is 11.8 Å². The Morgan fingerprint density at radius 3 is 2.81 bits per heavy atom. The van der Waals surface area contributed by atoms with Gasteiger partial charge < -0.3 is 4.90 Å². The summed E-state index contributed by atoms with van der Waals surface area (Å²) in [4.78, 5) is 1.98. The second-order valence-electron chi connectivity index (χ2n) is 4.11. The van der Waals surface area contributed by atoms with Gasteiger partial charge in [0.2, 0.25) is 0 Å². The molecular weight excluding hydrogens is 271 g/mol. The Kier molecular flexibility index (Phi) is 3.28. The molecule has 1 aromatic rings. The van der Waals surface area contributed by atoms with E-state index in [0.29, 0.717) is 10.3 Å². The smallest absolute Gasteiger partial charge is 0.137 e. The topological polar surface area (TPSA) is 27.1 Å². The minimum atomic E-state index is -0.246. The number of piperidine rings is 1. The van der Waals surface area contributed by atoms with Crippen LogP contribution in [0.2, 0.25) is 0 Å². The zero-order valence-electron chi connectivity index (χ0n) is 9.19. The lowest BCUT2D eigenvalue weighted by atomic mass is 10.1. The largest absolute Gasteiger partial charge is 0.330 e. The molecule has 0 atom stereocenters. The van der Waals surface area contributed by atoms with Crippen molar-refractivity contribution in [2.24, 2.45) is 0 Å². The zero-order valence-corrected chi connectivity index (χ0v) is 10.8. The first-order valence-electron chi connectivity index (χ1n) is 5.40. The molecule has 0 amide bonds. The Morgan fingerprint density at radius 2 is 2.12 bits per heavy atom. The van der Waals surface area contributed by atoms with Gasteiger partial charge in [-0.05, 0) is 53.4 Å². The van der Waals surface area contributed by atoms with Gasteiger partial charge in [0.15, 0.2) is 0 Å². The highest BCUT2D eigenvalue weighted by Gasteiger charge is 2.19. The van der Waals surface area contributed by atoms with E-state index in [9.17, 15) is 4.39 Å². The molecule has 2 nitrogen and oxygen atoms in total. The monoisotopic (exact) mass is 284 g/mol. The first-order chi connectivity index (χ1) is 7.59. The molecule has 0 bridgehead atoms. The third-order valence-corrected chi connectivity index (χ3v) is 3.51. The average molecular weight is 285 g/mol. The van der Waals surface area contributed by atoms with Crippen molar-refractivity contribution in [1.82, 2.24) is 0 Å². The van der Waals surface area contributed by atoms with Crippen LogP contribution in [0.15, 0.2) is 16.6 Å². The van der Waals surface area contributed by atoms with Gasteiger partial charge in [-0.2, -0.15) is 0 Å². The minimum Gasteiger partial charge on any atom is -0.330 e. The van der Waals surface area contributed by atoms with Gasteiger partial charge in [0, 0.05) is 18.7 Å². The van der Waals surface area contributed by atoms with Gasteiger partial charge in [-0.25, -0.2) is 4.39 Å². The van der Waals surface area contributed by atoms with Crippen molar-refractivity contribution in [1.29, 1.82) is 5.41 Å². The van der Waals surface area contributed by atoms with Gasteiger partial charge in [0.1, 0.15) is 11.7 Å². The van der Waals surface area contributed by atoms with Gasteiger partial charge >= 0.3 is 0 Å². The zero-order chi connectivity index (χ0) is 11.7. The van der Waals surface area contributed by atoms with Crippen LogP contribution in [0.1, 0.15) is 24.8 Å². The number of benzene rings is 1. The summed E-state index contributed by atoms with van der Waals surface area (Å²) in [5.41, 5.74) is 1.82. The fraction of sp³-hybridized carbons (Fsp3) is 0.417. The number of hydrogen-bond acceptors (Lipinski definition) is 1. The van der Waals surface area contributed by atoms with Gasteiger partial charge in [-0.15, -0.1) is 0 Å². The lowest BCUT2D eigenvalue weighted by Gasteiger charge is -2.30. The van der Waals surface area contributed by atoms with Crippen molar-refractivity contribution in [3.05, 3.63) is 28.0 Å². The molecule has 1 N–H and O–H groups in total. The number of halogens is 2. The molecule has 0 radical (unpaired) electrons. The van der Waals surface area contributed by atoms with Crippen molar-refractivity contribution in [2.45, 2.75) is 26.2 Å². The highest BCUT2D eigenvalue weighted by atomic mass is 79.9. The Bertz CT molecular complexity index is 431. The molecule has 1 heterocycles. The van der Waals surface area contributed by atoms with Crippen LogP contribution in [0.4, 0.5) is 10.1 Å². The molecule has 1 aliphatic heterocycles. The molecule has 0 aromatic heterocycles. The van der Waals surface area contributed by atoms with E-state index in [1.165, 1.54) is 6.07 Å². The maximum Gasteiger partial charge on any atom is 0.137 e. The van der Waals surface area contributed by atoms with Crippen molar-refractivity contribution in [3.8, 4) is 0 Å². The Labute approximate surface area is 103 Å². The van der Waals surface area contributed by atoms with Crippen LogP contribution in [0, 0.1) is 18.2 Å². The fourth-order valence-corrected chi connectivity index (χ4v) is 2.36. The standard InChI is InChI=1S/C12H14BrFN2/c1-8-6-10(14)9(13)7-11(8)16-5-3-2-4-12(16)15/h6-7,15H,2-5H2,1H3. The molecule has 0 saturated carbocycles. The minimum absolute atomic E-state index is 0.246. The van der Waals surface area contributed by atoms with Crippen molar-refractivity contribution in [2.75, 3.05) is 11.4 Å². The maximum atomic E-state index is 13.3. The molecule has 0 spiro atoms. The normalized spacial score (nSPS) is 16.7. The Hall–Kier alpha value is -0.900. The van der Waals surface area contributed by atoms with Gasteiger partial charge in [0.25, 0.3) is 0 Å². The predicted octanol–water partition coefficient (Wildman–Crippen LogP) is 3.86. The third-order valence-electron chi connectivity index (χ3n) is 2.90. The summed E-state index contributed by atoms with van der Waals surface area (Å²) in [6, 6.07) is 3.28. The maximum absolute atomic E-state index is 13.3. The number of amidine groups is 1. The number of anilines is 1. The molecule has 4 heteroatoms. The first kappa shape index (κ1) is 11.6. The van der Waals surface area contributed by atoms with Crippen LogP contribution in [0.5, 0.6) is 0 Å². The third kappa shape index (κ3) is 2.12. The van der Waals surface area contributed by atoms with E-state index in [0.717, 1.165) is 37.1 Å². The van der Waals surface area contributed by atoms with Crippen LogP contribution < -0.4 is 4.90 Å². The van der Waals surface area contributed by atoms with Crippen molar-refractivity contribution in [3.63, 3.8) is 0 Å². The summed E-state index contributed by atoms with van der Waals surface area (Å²) < 4.78 is 13.8. The molecule has 16 heavy (non-hydrogen) atoms. The molecule has 1 saturated heterocycles. The van der Waals surface area contributed by atoms with Crippen LogP contribution in [0.25, 0.3) is 0 Å². The van der Waals surface area contributed by atoms with E-state index >= 15 is 0 Å². The first-order valence-corrected chi connectivity index (χ1v) is 6.19. The summed E-state index contributed by atoms with van der Waals surface area (Å²) in [5.74, 6) is 0.387. The molecule has 1 aromatic carbocycles. The summed E-state index contributed by atoms with van der Waals surface area (Å²) in [7, 11) is 0.